The summed E-state index contributed by atoms with van der Waals surface area (Å²) in [5, 5.41) is 4.55. The zero-order chi connectivity index (χ0) is 15.1. The van der Waals surface area contributed by atoms with Gasteiger partial charge in [0.2, 0.25) is 0 Å². The summed E-state index contributed by atoms with van der Waals surface area (Å²) in [6, 6.07) is 0.580. The lowest BCUT2D eigenvalue weighted by Gasteiger charge is -2.32. The van der Waals surface area contributed by atoms with Gasteiger partial charge in [0.25, 0.3) is 0 Å². The fraction of sp³-hybridized carbons (Fsp3) is 0.800. The van der Waals surface area contributed by atoms with Crippen LogP contribution in [-0.4, -0.2) is 29.3 Å². The van der Waals surface area contributed by atoms with E-state index in [4.69, 9.17) is 9.31 Å². The number of anilines is 1. The van der Waals surface area contributed by atoms with Gasteiger partial charge in [-0.2, -0.15) is 0 Å². The Hall–Kier alpha value is -0.585. The lowest BCUT2D eigenvalue weighted by Crippen LogP contribution is -2.41. The summed E-state index contributed by atoms with van der Waals surface area (Å²) in [7, 11) is -0.297. The number of aromatic nitrogens is 1. The summed E-state index contributed by atoms with van der Waals surface area (Å²) < 4.78 is 13.2. The summed E-state index contributed by atoms with van der Waals surface area (Å²) in [5.74, 6) is 0. The maximum atomic E-state index is 6.07. The molecule has 1 saturated carbocycles. The maximum absolute atomic E-state index is 6.07. The summed E-state index contributed by atoms with van der Waals surface area (Å²) in [6.07, 6.45) is 8.42. The molecule has 3 rings (SSSR count). The van der Waals surface area contributed by atoms with Crippen molar-refractivity contribution in [1.29, 1.82) is 0 Å². The second-order valence-electron chi connectivity index (χ2n) is 7.14. The van der Waals surface area contributed by atoms with Crippen molar-refractivity contribution < 1.29 is 9.31 Å². The van der Waals surface area contributed by atoms with Crippen LogP contribution in [0.3, 0.4) is 0 Å². The van der Waals surface area contributed by atoms with E-state index < -0.39 is 0 Å². The van der Waals surface area contributed by atoms with Crippen molar-refractivity contribution in [2.24, 2.45) is 0 Å². The number of thiazole rings is 1. The Morgan fingerprint density at radius 3 is 2.38 bits per heavy atom. The minimum Gasteiger partial charge on any atom is -0.399 e. The third-order valence-electron chi connectivity index (χ3n) is 4.94. The number of rotatable bonds is 3. The molecule has 6 heteroatoms. The minimum atomic E-state index is -0.297. The molecule has 116 valence electrons. The van der Waals surface area contributed by atoms with E-state index in [0.717, 1.165) is 9.91 Å². The standard InChI is InChI=1S/C15H25BN2O2S/c1-14(2)15(3,4)20-16(19-14)12-10-17-13(21-12)18-11-8-6-5-7-9-11/h10-11H,5-9H2,1-4H3,(H,17,18). The van der Waals surface area contributed by atoms with Crippen molar-refractivity contribution in [2.75, 3.05) is 5.32 Å². The highest BCUT2D eigenvalue weighted by Crippen LogP contribution is 2.37. The predicted molar refractivity (Wildman–Crippen MR) is 88.3 cm³/mol. The van der Waals surface area contributed by atoms with Crippen molar-refractivity contribution in [3.63, 3.8) is 0 Å². The van der Waals surface area contributed by atoms with Crippen LogP contribution in [0.25, 0.3) is 0 Å². The highest BCUT2D eigenvalue weighted by molar-refractivity contribution is 7.25. The molecule has 1 aromatic rings. The van der Waals surface area contributed by atoms with Crippen LogP contribution in [-0.2, 0) is 9.31 Å². The van der Waals surface area contributed by atoms with Gasteiger partial charge in [0.1, 0.15) is 0 Å². The molecule has 2 heterocycles. The monoisotopic (exact) mass is 308 g/mol. The van der Waals surface area contributed by atoms with Gasteiger partial charge >= 0.3 is 7.12 Å². The molecular weight excluding hydrogens is 283 g/mol. The maximum Gasteiger partial charge on any atom is 0.507 e. The topological polar surface area (TPSA) is 43.4 Å². The van der Waals surface area contributed by atoms with Gasteiger partial charge in [0.15, 0.2) is 5.13 Å². The van der Waals surface area contributed by atoms with Crippen LogP contribution in [0.1, 0.15) is 59.8 Å². The molecule has 0 atom stereocenters. The Labute approximate surface area is 131 Å². The number of nitrogens with one attached hydrogen (secondary N) is 1. The van der Waals surface area contributed by atoms with E-state index in [2.05, 4.69) is 38.0 Å². The minimum absolute atomic E-state index is 0.293. The van der Waals surface area contributed by atoms with Gasteiger partial charge in [-0.05, 0) is 40.5 Å². The Balaban J connectivity index is 1.65. The quantitative estimate of drug-likeness (QED) is 0.871. The fourth-order valence-electron chi connectivity index (χ4n) is 2.84. The zero-order valence-electron chi connectivity index (χ0n) is 13.4. The molecule has 1 aliphatic heterocycles. The average molecular weight is 308 g/mol. The highest BCUT2D eigenvalue weighted by atomic mass is 32.1. The van der Waals surface area contributed by atoms with E-state index >= 15 is 0 Å². The van der Waals surface area contributed by atoms with Gasteiger partial charge in [-0.15, -0.1) is 11.3 Å². The molecule has 1 N–H and O–H groups in total. The summed E-state index contributed by atoms with van der Waals surface area (Å²) in [6.45, 7) is 8.31. The Bertz CT molecular complexity index is 482. The highest BCUT2D eigenvalue weighted by Gasteiger charge is 2.52. The van der Waals surface area contributed by atoms with Crippen LogP contribution in [0.4, 0.5) is 5.13 Å². The van der Waals surface area contributed by atoms with Gasteiger partial charge < -0.3 is 14.6 Å². The smallest absolute Gasteiger partial charge is 0.399 e. The van der Waals surface area contributed by atoms with E-state index in [1.165, 1.54) is 32.1 Å². The molecule has 2 fully saturated rings. The molecule has 1 aliphatic carbocycles. The molecule has 0 aromatic carbocycles. The van der Waals surface area contributed by atoms with Crippen molar-refractivity contribution in [2.45, 2.75) is 77.0 Å². The molecule has 4 nitrogen and oxygen atoms in total. The molecule has 0 bridgehead atoms. The van der Waals surface area contributed by atoms with E-state index in [0.29, 0.717) is 6.04 Å². The Kier molecular flexibility index (Phi) is 4.05. The normalized spacial score (nSPS) is 25.2. The third kappa shape index (κ3) is 3.12. The Morgan fingerprint density at radius 2 is 1.76 bits per heavy atom. The molecule has 0 amide bonds. The number of nitrogens with zero attached hydrogens (tertiary/aromatic N) is 1. The largest absolute Gasteiger partial charge is 0.507 e. The lowest BCUT2D eigenvalue weighted by molar-refractivity contribution is 0.00578. The van der Waals surface area contributed by atoms with Gasteiger partial charge in [-0.3, -0.25) is 0 Å². The summed E-state index contributed by atoms with van der Waals surface area (Å²) in [5.41, 5.74) is -0.586. The SMILES string of the molecule is CC1(C)OB(c2cnc(NC3CCCCC3)s2)OC1(C)C. The van der Waals surface area contributed by atoms with Crippen LogP contribution in [0.5, 0.6) is 0 Å². The van der Waals surface area contributed by atoms with Crippen LogP contribution in [0, 0.1) is 0 Å². The zero-order valence-corrected chi connectivity index (χ0v) is 14.3. The van der Waals surface area contributed by atoms with Crippen molar-refractivity contribution in [1.82, 2.24) is 4.98 Å². The van der Waals surface area contributed by atoms with Crippen LogP contribution in [0.2, 0.25) is 0 Å². The summed E-state index contributed by atoms with van der Waals surface area (Å²) in [4.78, 5) is 4.50. The second-order valence-corrected chi connectivity index (χ2v) is 8.20. The first-order valence-corrected chi connectivity index (χ1v) is 8.77. The lowest BCUT2D eigenvalue weighted by atomic mass is 9.89. The number of hydrogen-bond acceptors (Lipinski definition) is 5. The second kappa shape index (κ2) is 5.56. The predicted octanol–water partition coefficient (Wildman–Crippen LogP) is 3.19. The van der Waals surface area contributed by atoms with Crippen molar-refractivity contribution in [3.05, 3.63) is 6.20 Å². The molecule has 1 saturated heterocycles. The third-order valence-corrected chi connectivity index (χ3v) is 5.89. The first-order chi connectivity index (χ1) is 9.87. The van der Waals surface area contributed by atoms with Crippen LogP contribution < -0.4 is 10.1 Å². The molecule has 21 heavy (non-hydrogen) atoms. The van der Waals surface area contributed by atoms with Gasteiger partial charge in [0, 0.05) is 12.2 Å². The first-order valence-electron chi connectivity index (χ1n) is 7.95. The van der Waals surface area contributed by atoms with Crippen LogP contribution in [0.15, 0.2) is 6.20 Å². The molecule has 0 unspecified atom stereocenters. The molecular formula is C15H25BN2O2S. The average Bonchev–Trinajstić information content (AvgIpc) is 2.94. The van der Waals surface area contributed by atoms with E-state index in [1.807, 2.05) is 6.20 Å². The molecule has 2 aliphatic rings. The molecule has 0 spiro atoms. The van der Waals surface area contributed by atoms with Crippen molar-refractivity contribution in [3.8, 4) is 0 Å². The van der Waals surface area contributed by atoms with Gasteiger partial charge in [0.05, 0.1) is 16.0 Å². The first kappa shape index (κ1) is 15.3. The van der Waals surface area contributed by atoms with Crippen molar-refractivity contribution >= 4 is 28.4 Å². The van der Waals surface area contributed by atoms with E-state index in [9.17, 15) is 0 Å². The molecule has 1 aromatic heterocycles. The fourth-order valence-corrected chi connectivity index (χ4v) is 3.70. The van der Waals surface area contributed by atoms with Crippen LogP contribution >= 0.6 is 11.3 Å². The summed E-state index contributed by atoms with van der Waals surface area (Å²) >= 11 is 1.65. The van der Waals surface area contributed by atoms with E-state index in [1.54, 1.807) is 11.3 Å². The van der Waals surface area contributed by atoms with Gasteiger partial charge in [-0.1, -0.05) is 19.3 Å². The molecule has 0 radical (unpaired) electrons. The van der Waals surface area contributed by atoms with Gasteiger partial charge in [-0.25, -0.2) is 4.98 Å². The van der Waals surface area contributed by atoms with E-state index in [-0.39, 0.29) is 18.3 Å². The Morgan fingerprint density at radius 1 is 1.14 bits per heavy atom. The number of hydrogen-bond donors (Lipinski definition) is 1.